The maximum absolute atomic E-state index is 14.3. The van der Waals surface area contributed by atoms with Gasteiger partial charge in [-0.1, -0.05) is 43.4 Å². The maximum Gasteiger partial charge on any atom is 0.282 e. The summed E-state index contributed by atoms with van der Waals surface area (Å²) in [4.78, 5) is 26.6. The summed E-state index contributed by atoms with van der Waals surface area (Å²) in [5.74, 6) is -0.621. The van der Waals surface area contributed by atoms with Crippen LogP contribution in [-0.2, 0) is 9.53 Å². The number of carbonyl (C=O) groups excluding carboxylic acids is 1. The molecule has 44 heavy (non-hydrogen) atoms. The monoisotopic (exact) mass is 674 g/mol. The van der Waals surface area contributed by atoms with E-state index in [4.69, 9.17) is 4.74 Å². The molecule has 2 saturated heterocycles. The van der Waals surface area contributed by atoms with Gasteiger partial charge in [0, 0.05) is 18.8 Å². The number of rotatable bonds is 12. The fraction of sp³-hybridized carbons (Fsp3) is 0.667. The molecule has 0 radical (unpaired) electrons. The average Bonchev–Trinajstić information content (AvgIpc) is 3.61. The van der Waals surface area contributed by atoms with Crippen LogP contribution >= 0.6 is 34.9 Å². The van der Waals surface area contributed by atoms with Gasteiger partial charge in [-0.15, -0.1) is 22.0 Å². The Kier molecular flexibility index (Phi) is 11.8. The molecule has 2 aliphatic rings. The van der Waals surface area contributed by atoms with Crippen LogP contribution in [0, 0.1) is 21.8 Å². The summed E-state index contributed by atoms with van der Waals surface area (Å²) >= 11 is 3.45. The maximum atomic E-state index is 14.3. The quantitative estimate of drug-likeness (QED) is 0.126. The van der Waals surface area contributed by atoms with Crippen LogP contribution in [0.5, 0.6) is 0 Å². The number of thioether (sulfide) groups is 2. The van der Waals surface area contributed by atoms with E-state index in [9.17, 15) is 34.6 Å². The molecule has 1 amide bonds. The molecule has 9 atom stereocenters. The third kappa shape index (κ3) is 7.46. The number of likely N-dealkylation sites (tertiary alicyclic amines) is 1. The summed E-state index contributed by atoms with van der Waals surface area (Å²) < 4.78 is 20.8. The summed E-state index contributed by atoms with van der Waals surface area (Å²) in [6, 6.07) is 0.923. The lowest BCUT2D eigenvalue weighted by Crippen LogP contribution is -2.65. The van der Waals surface area contributed by atoms with Crippen molar-refractivity contribution >= 4 is 52.1 Å². The number of benzene rings is 1. The van der Waals surface area contributed by atoms with Crippen molar-refractivity contribution in [3.05, 3.63) is 28.1 Å². The van der Waals surface area contributed by atoms with E-state index < -0.39 is 57.6 Å². The summed E-state index contributed by atoms with van der Waals surface area (Å²) in [5, 5.41) is 57.5. The molecule has 2 aromatic rings. The van der Waals surface area contributed by atoms with Crippen molar-refractivity contribution in [2.75, 3.05) is 32.2 Å². The average molecular weight is 675 g/mol. The predicted octanol–water partition coefficient (Wildman–Crippen LogP) is 2.55. The van der Waals surface area contributed by atoms with Crippen LogP contribution in [0.2, 0.25) is 0 Å². The molecule has 2 aliphatic heterocycles. The first-order chi connectivity index (χ1) is 20.9. The number of aromatic nitrogens is 2. The summed E-state index contributed by atoms with van der Waals surface area (Å²) in [6.45, 7) is 4.70. The van der Waals surface area contributed by atoms with Gasteiger partial charge >= 0.3 is 0 Å². The van der Waals surface area contributed by atoms with E-state index in [0.29, 0.717) is 16.7 Å². The first-order valence-corrected chi connectivity index (χ1v) is 17.3. The molecule has 0 spiro atoms. The largest absolute Gasteiger partial charge is 0.388 e. The molecule has 0 bridgehead atoms. The second-order valence-electron chi connectivity index (χ2n) is 11.1. The third-order valence-electron chi connectivity index (χ3n) is 8.12. The number of carbonyl (C=O) groups is 1. The second kappa shape index (κ2) is 15.0. The van der Waals surface area contributed by atoms with Crippen LogP contribution in [0.15, 0.2) is 16.5 Å². The minimum absolute atomic E-state index is 0.0664. The zero-order valence-electron chi connectivity index (χ0n) is 25.0. The molecular weight excluding hydrogens is 636 g/mol. The number of nitrogens with zero attached hydrogens (tertiary/aromatic N) is 4. The molecule has 2 unspecified atom stereocenters. The van der Waals surface area contributed by atoms with Crippen molar-refractivity contribution in [3.8, 4) is 10.6 Å². The van der Waals surface area contributed by atoms with E-state index in [1.165, 1.54) is 36.6 Å². The van der Waals surface area contributed by atoms with E-state index in [1.807, 2.05) is 11.9 Å². The molecule has 13 nitrogen and oxygen atoms in total. The van der Waals surface area contributed by atoms with Gasteiger partial charge in [0.2, 0.25) is 5.91 Å². The third-order valence-corrected chi connectivity index (χ3v) is 11.2. The van der Waals surface area contributed by atoms with Crippen LogP contribution in [0.3, 0.4) is 0 Å². The molecule has 2 fully saturated rings. The van der Waals surface area contributed by atoms with Gasteiger partial charge < -0.3 is 30.7 Å². The van der Waals surface area contributed by atoms with E-state index in [-0.39, 0.29) is 28.2 Å². The minimum Gasteiger partial charge on any atom is -0.388 e. The first-order valence-electron chi connectivity index (χ1n) is 14.3. The fourth-order valence-corrected chi connectivity index (χ4v) is 8.74. The molecule has 0 aliphatic carbocycles. The highest BCUT2D eigenvalue weighted by Crippen LogP contribution is 2.40. The van der Waals surface area contributed by atoms with E-state index in [0.717, 1.165) is 36.8 Å². The van der Waals surface area contributed by atoms with Crippen molar-refractivity contribution in [2.45, 2.75) is 84.6 Å². The normalized spacial score (nSPS) is 28.9. The van der Waals surface area contributed by atoms with Gasteiger partial charge in [-0.3, -0.25) is 19.8 Å². The van der Waals surface area contributed by atoms with E-state index in [1.54, 1.807) is 13.2 Å². The molecule has 4 rings (SSSR count). The summed E-state index contributed by atoms with van der Waals surface area (Å²) in [7, 11) is 3.40. The van der Waals surface area contributed by atoms with Gasteiger partial charge in [-0.25, -0.2) is 4.39 Å². The second-order valence-corrected chi connectivity index (χ2v) is 14.6. The van der Waals surface area contributed by atoms with Crippen molar-refractivity contribution in [1.82, 2.24) is 20.4 Å². The van der Waals surface area contributed by atoms with E-state index in [2.05, 4.69) is 27.8 Å². The van der Waals surface area contributed by atoms with Gasteiger partial charge in [0.05, 0.1) is 34.3 Å². The van der Waals surface area contributed by atoms with Gasteiger partial charge in [-0.05, 0) is 38.1 Å². The lowest BCUT2D eigenvalue weighted by Gasteiger charge is -2.44. The van der Waals surface area contributed by atoms with Gasteiger partial charge in [0.1, 0.15) is 29.9 Å². The molecule has 3 heterocycles. The highest BCUT2D eigenvalue weighted by molar-refractivity contribution is 8.01. The van der Waals surface area contributed by atoms with Crippen LogP contribution in [0.4, 0.5) is 15.8 Å². The zero-order chi connectivity index (χ0) is 32.3. The highest BCUT2D eigenvalue weighted by atomic mass is 32.2. The number of nitro benzene ring substituents is 1. The van der Waals surface area contributed by atoms with Gasteiger partial charge in [0.15, 0.2) is 15.2 Å². The predicted molar refractivity (Wildman–Crippen MR) is 168 cm³/mol. The van der Waals surface area contributed by atoms with Crippen molar-refractivity contribution in [1.29, 1.82) is 0 Å². The van der Waals surface area contributed by atoms with Crippen LogP contribution in [0.25, 0.3) is 10.6 Å². The number of nitrogens with one attached hydrogen (secondary N) is 2. The number of hydrogen-bond donors (Lipinski definition) is 5. The Balaban J connectivity index is 1.61. The van der Waals surface area contributed by atoms with E-state index >= 15 is 0 Å². The number of aliphatic hydroxyl groups excluding tert-OH is 3. The first kappa shape index (κ1) is 34.7. The van der Waals surface area contributed by atoms with Crippen LogP contribution in [-0.4, -0.2) is 115 Å². The van der Waals surface area contributed by atoms with Crippen LogP contribution < -0.4 is 10.6 Å². The Morgan fingerprint density at radius 1 is 1.30 bits per heavy atom. The Labute approximate surface area is 267 Å². The molecule has 1 aromatic heterocycles. The standard InChI is InChI=1S/C27H39FN6O7S3/c1-6-7-13-8-18(33(4)11-13)24(38)30-19(23-21(36)20(35)22(37)26(41-23)42-5)12(2)43-27-32-31-25(44-27)14-9-16(29-3)15(28)10-17(14)34(39)40/h9-10,12-13,18-23,26,29,35-37H,6-8,11H2,1-5H3,(H,30,38)/t12?,13-,18+,19?,20+,21-,22-,23-,26-/m1/s1. The number of hydrogen-bond acceptors (Lipinski definition) is 14. The number of likely N-dealkylation sites (N-methyl/N-ethyl adjacent to an activating group) is 1. The molecule has 5 N–H and O–H groups in total. The van der Waals surface area contributed by atoms with Crippen molar-refractivity contribution in [2.24, 2.45) is 5.92 Å². The lowest BCUT2D eigenvalue weighted by molar-refractivity contribution is -0.384. The smallest absolute Gasteiger partial charge is 0.282 e. The lowest BCUT2D eigenvalue weighted by atomic mass is 9.92. The van der Waals surface area contributed by atoms with Gasteiger partial charge in [-0.2, -0.15) is 0 Å². The Morgan fingerprint density at radius 3 is 2.66 bits per heavy atom. The topological polar surface area (TPSA) is 183 Å². The zero-order valence-corrected chi connectivity index (χ0v) is 27.5. The molecule has 244 valence electrons. The molecular formula is C27H39FN6O7S3. The number of nitro groups is 1. The molecule has 17 heteroatoms. The Bertz CT molecular complexity index is 1320. The van der Waals surface area contributed by atoms with Crippen molar-refractivity contribution in [3.63, 3.8) is 0 Å². The number of halogens is 1. The Hall–Kier alpha value is -2.12. The SMILES string of the molecule is CCC[C@@H]1C[C@@H](C(=O)NC(C(C)Sc2nnc(-c3cc(NC)c(F)cc3[N+](=O)[O-])s2)[C@H]2O[C@H](SC)[C@H](O)[C@@H](O)[C@H]2O)N(C)C1. The number of aliphatic hydroxyl groups is 3. The molecule has 1 aromatic carbocycles. The van der Waals surface area contributed by atoms with Gasteiger partial charge in [0.25, 0.3) is 5.69 Å². The summed E-state index contributed by atoms with van der Waals surface area (Å²) in [6.07, 6.45) is -0.970. The number of anilines is 1. The van der Waals surface area contributed by atoms with Crippen LogP contribution in [0.1, 0.15) is 33.1 Å². The number of ether oxygens (including phenoxy) is 1. The fourth-order valence-electron chi connectivity index (χ4n) is 5.80. The molecule has 0 saturated carbocycles. The Morgan fingerprint density at radius 2 is 2.02 bits per heavy atom. The summed E-state index contributed by atoms with van der Waals surface area (Å²) in [5.41, 5.74) is -1.13. The van der Waals surface area contributed by atoms with Crippen molar-refractivity contribution < 1.29 is 34.2 Å². The number of amides is 1. The minimum atomic E-state index is -1.50. The highest BCUT2D eigenvalue weighted by Gasteiger charge is 2.49.